The van der Waals surface area contributed by atoms with Gasteiger partial charge in [-0.15, -0.1) is 0 Å². The Morgan fingerprint density at radius 2 is 1.06 bits per heavy atom. The monoisotopic (exact) mass is 1080 g/mol. The lowest BCUT2D eigenvalue weighted by atomic mass is 9.95. The summed E-state index contributed by atoms with van der Waals surface area (Å²) >= 11 is 2.15. The molecular formula is C53H54F5IN4O7. The molecule has 4 N–H and O–H groups in total. The molecule has 1 amide bonds. The SMILES string of the molecule is CI.CNCC[C@H](N)C(=O)N(C)[C@@H](Cc1cc(-c2ccc(OCc3ccccc3)c(C[C@H](NC)C(=O)Oc3c(F)c(F)c(F)c(F)c3F)c2)ccc1OCc1ccccc1)C(=O)OCc1ccccc1. The first-order valence-electron chi connectivity index (χ1n) is 22.0. The summed E-state index contributed by atoms with van der Waals surface area (Å²) in [5.74, 6) is -15.1. The van der Waals surface area contributed by atoms with Crippen LogP contribution in [-0.2, 0) is 51.8 Å². The zero-order valence-corrected chi connectivity index (χ0v) is 41.1. The molecule has 6 aromatic carbocycles. The number of nitrogens with two attached hydrogens (primary N) is 1. The molecular weight excluding hydrogens is 1030 g/mol. The Labute approximate surface area is 417 Å². The van der Waals surface area contributed by atoms with Gasteiger partial charge in [0, 0.05) is 19.9 Å². The molecule has 0 saturated heterocycles. The lowest BCUT2D eigenvalue weighted by molar-refractivity contribution is -0.155. The highest BCUT2D eigenvalue weighted by atomic mass is 127. The van der Waals surface area contributed by atoms with E-state index >= 15 is 0 Å². The van der Waals surface area contributed by atoms with Gasteiger partial charge in [0.25, 0.3) is 0 Å². The van der Waals surface area contributed by atoms with Gasteiger partial charge in [-0.05, 0) is 95.2 Å². The number of likely N-dealkylation sites (N-methyl/N-ethyl adjacent to an activating group) is 2. The molecule has 0 fully saturated rings. The molecule has 11 nitrogen and oxygen atoms in total. The zero-order chi connectivity index (χ0) is 50.7. The Kier molecular flexibility index (Phi) is 21.1. The van der Waals surface area contributed by atoms with E-state index in [4.69, 9.17) is 24.7 Å². The van der Waals surface area contributed by atoms with Gasteiger partial charge in [-0.1, -0.05) is 126 Å². The Balaban J connectivity index is 0.00000450. The lowest BCUT2D eigenvalue weighted by Crippen LogP contribution is -2.51. The molecule has 0 spiro atoms. The molecule has 370 valence electrons. The number of carbonyl (C=O) groups is 3. The standard InChI is InChI=1S/C52H51F5N4O7.CH3I/c1-59-24-23-39(58)50(62)61(3)41(52(64)67-31-34-17-11-6-12-18-34)28-38-26-36(20-22-43(38)66-30-33-15-9-5-10-16-33)35-19-21-42(65-29-32-13-7-4-8-14-32)37(25-35)27-40(60-2)51(63)68-49-47(56)45(54)44(53)46(55)48(49)57;1-2/h4-22,25-26,39-41,59-60H,23-24,27-31,58H2,1-3H3;1H3/t39-,40-,41-;/m0./s1. The largest absolute Gasteiger partial charge is 0.489 e. The number of amides is 1. The minimum atomic E-state index is -2.40. The number of carbonyl (C=O) groups excluding carboxylic acids is 3. The van der Waals surface area contributed by atoms with Crippen LogP contribution in [0.3, 0.4) is 0 Å². The molecule has 0 aromatic heterocycles. The number of hydrogen-bond acceptors (Lipinski definition) is 10. The maximum absolute atomic E-state index is 14.6. The third-order valence-electron chi connectivity index (χ3n) is 11.1. The third kappa shape index (κ3) is 14.6. The molecule has 17 heteroatoms. The van der Waals surface area contributed by atoms with E-state index in [1.807, 2.05) is 95.9 Å². The number of nitrogens with one attached hydrogen (secondary N) is 2. The maximum atomic E-state index is 14.6. The first kappa shape index (κ1) is 54.5. The van der Waals surface area contributed by atoms with Gasteiger partial charge in [0.1, 0.15) is 43.4 Å². The molecule has 6 aromatic rings. The second-order valence-corrected chi connectivity index (χ2v) is 15.8. The fourth-order valence-electron chi connectivity index (χ4n) is 7.21. The van der Waals surface area contributed by atoms with E-state index in [0.717, 1.165) is 16.7 Å². The van der Waals surface area contributed by atoms with Crippen LogP contribution >= 0.6 is 22.6 Å². The van der Waals surface area contributed by atoms with E-state index in [0.29, 0.717) is 46.7 Å². The Morgan fingerprint density at radius 3 is 1.51 bits per heavy atom. The van der Waals surface area contributed by atoms with E-state index in [1.54, 1.807) is 43.4 Å². The molecule has 0 bridgehead atoms. The highest BCUT2D eigenvalue weighted by molar-refractivity contribution is 14.1. The first-order chi connectivity index (χ1) is 33.8. The predicted octanol–water partition coefficient (Wildman–Crippen LogP) is 9.04. The van der Waals surface area contributed by atoms with Crippen molar-refractivity contribution in [3.63, 3.8) is 0 Å². The normalized spacial score (nSPS) is 12.2. The number of ether oxygens (including phenoxy) is 4. The summed E-state index contributed by atoms with van der Waals surface area (Å²) in [6.07, 6.45) is -0.00403. The molecule has 0 unspecified atom stereocenters. The van der Waals surface area contributed by atoms with E-state index in [2.05, 4.69) is 33.2 Å². The zero-order valence-electron chi connectivity index (χ0n) is 39.0. The summed E-state index contributed by atoms with van der Waals surface area (Å²) in [5.41, 5.74) is 10.8. The van der Waals surface area contributed by atoms with Crippen LogP contribution in [-0.4, -0.2) is 73.5 Å². The average molecular weight is 1080 g/mol. The summed E-state index contributed by atoms with van der Waals surface area (Å²) in [6, 6.07) is 34.7. The van der Waals surface area contributed by atoms with Gasteiger partial charge in [0.05, 0.1) is 6.04 Å². The highest BCUT2D eigenvalue weighted by Crippen LogP contribution is 2.34. The van der Waals surface area contributed by atoms with Crippen molar-refractivity contribution in [2.45, 2.75) is 57.2 Å². The number of hydrogen-bond donors (Lipinski definition) is 3. The molecule has 6 rings (SSSR count). The summed E-state index contributed by atoms with van der Waals surface area (Å²) in [4.78, 5) is 44.6. The smallest absolute Gasteiger partial charge is 0.329 e. The van der Waals surface area contributed by atoms with Crippen LogP contribution in [0.1, 0.15) is 34.2 Å². The summed E-state index contributed by atoms with van der Waals surface area (Å²) in [7, 11) is 4.60. The van der Waals surface area contributed by atoms with Gasteiger partial charge in [0.15, 0.2) is 0 Å². The minimum Gasteiger partial charge on any atom is -0.489 e. The van der Waals surface area contributed by atoms with E-state index in [1.165, 1.54) is 19.0 Å². The number of alkyl halides is 1. The second kappa shape index (κ2) is 27.1. The van der Waals surface area contributed by atoms with E-state index in [-0.39, 0.29) is 32.7 Å². The number of rotatable bonds is 22. The molecule has 0 aliphatic carbocycles. The van der Waals surface area contributed by atoms with Crippen molar-refractivity contribution in [3.05, 3.63) is 184 Å². The number of nitrogens with zero attached hydrogens (tertiary/aromatic N) is 1. The van der Waals surface area contributed by atoms with Gasteiger partial charge >= 0.3 is 11.9 Å². The predicted molar refractivity (Wildman–Crippen MR) is 265 cm³/mol. The van der Waals surface area contributed by atoms with E-state index < -0.39 is 70.8 Å². The van der Waals surface area contributed by atoms with Crippen molar-refractivity contribution < 1.29 is 55.3 Å². The third-order valence-corrected chi connectivity index (χ3v) is 11.1. The quantitative estimate of drug-likeness (QED) is 0.0115. The molecule has 0 aliphatic rings. The van der Waals surface area contributed by atoms with Crippen molar-refractivity contribution >= 4 is 40.4 Å². The molecule has 0 saturated carbocycles. The van der Waals surface area contributed by atoms with Crippen LogP contribution in [0.4, 0.5) is 22.0 Å². The van der Waals surface area contributed by atoms with Gasteiger partial charge in [-0.2, -0.15) is 8.78 Å². The topological polar surface area (TPSA) is 141 Å². The van der Waals surface area contributed by atoms with Crippen LogP contribution in [0.25, 0.3) is 11.1 Å². The minimum absolute atomic E-state index is 0.0500. The number of esters is 2. The average Bonchev–Trinajstić information content (AvgIpc) is 3.40. The summed E-state index contributed by atoms with van der Waals surface area (Å²) in [5, 5.41) is 5.69. The molecule has 70 heavy (non-hydrogen) atoms. The molecule has 3 atom stereocenters. The number of benzene rings is 6. The molecule has 0 heterocycles. The first-order valence-corrected chi connectivity index (χ1v) is 24.2. The fraction of sp³-hybridized carbons (Fsp3) is 0.264. The lowest BCUT2D eigenvalue weighted by Gasteiger charge is -2.29. The Morgan fingerprint density at radius 1 is 0.614 bits per heavy atom. The van der Waals surface area contributed by atoms with Crippen molar-refractivity contribution in [2.24, 2.45) is 5.73 Å². The maximum Gasteiger partial charge on any atom is 0.329 e. The summed E-state index contributed by atoms with van der Waals surface area (Å²) in [6.45, 7) is 0.690. The summed E-state index contributed by atoms with van der Waals surface area (Å²) < 4.78 is 94.4. The van der Waals surface area contributed by atoms with Crippen LogP contribution < -0.4 is 30.6 Å². The van der Waals surface area contributed by atoms with Crippen molar-refractivity contribution in [3.8, 4) is 28.4 Å². The van der Waals surface area contributed by atoms with Crippen LogP contribution in [0.15, 0.2) is 127 Å². The second-order valence-electron chi connectivity index (χ2n) is 15.8. The van der Waals surface area contributed by atoms with Crippen LogP contribution in [0.5, 0.6) is 17.2 Å². The Hall–Kier alpha value is -6.41. The van der Waals surface area contributed by atoms with Crippen LogP contribution in [0, 0.1) is 29.1 Å². The van der Waals surface area contributed by atoms with E-state index in [9.17, 15) is 36.3 Å². The van der Waals surface area contributed by atoms with Crippen molar-refractivity contribution in [1.29, 1.82) is 0 Å². The molecule has 0 aliphatic heterocycles. The van der Waals surface area contributed by atoms with Gasteiger partial charge in [0.2, 0.25) is 40.7 Å². The Bertz CT molecular complexity index is 2640. The van der Waals surface area contributed by atoms with Gasteiger partial charge < -0.3 is 40.2 Å². The van der Waals surface area contributed by atoms with Crippen molar-refractivity contribution in [2.75, 3.05) is 32.6 Å². The number of halogens is 6. The van der Waals surface area contributed by atoms with Gasteiger partial charge in [-0.25, -0.2) is 22.8 Å². The van der Waals surface area contributed by atoms with Crippen LogP contribution in [0.2, 0.25) is 0 Å². The highest BCUT2D eigenvalue weighted by Gasteiger charge is 2.33. The fourth-order valence-corrected chi connectivity index (χ4v) is 7.21. The van der Waals surface area contributed by atoms with Crippen molar-refractivity contribution in [1.82, 2.24) is 15.5 Å². The molecule has 0 radical (unpaired) electrons. The van der Waals surface area contributed by atoms with Gasteiger partial charge in [-0.3, -0.25) is 4.79 Å².